The van der Waals surface area contributed by atoms with Crippen LogP contribution in [0.1, 0.15) is 5.69 Å². The average molecular weight is 652 g/mol. The zero-order valence-electron chi connectivity index (χ0n) is 27.7. The van der Waals surface area contributed by atoms with Crippen molar-refractivity contribution in [2.75, 3.05) is 0 Å². The predicted octanol–water partition coefficient (Wildman–Crippen LogP) is 10.9. The maximum atomic E-state index is 5.20. The van der Waals surface area contributed by atoms with Crippen molar-refractivity contribution >= 4 is 21.8 Å². The second kappa shape index (κ2) is 12.8. The maximum Gasteiger partial charge on any atom is 0.160 e. The molecule has 0 bridgehead atoms. The van der Waals surface area contributed by atoms with E-state index >= 15 is 0 Å². The normalized spacial score (nSPS) is 11.1. The summed E-state index contributed by atoms with van der Waals surface area (Å²) in [6, 6.07) is 58.1. The quantitative estimate of drug-likeness (QED) is 0.167. The number of aryl methyl sites for hydroxylation is 1. The van der Waals surface area contributed by atoms with Gasteiger partial charge in [-0.1, -0.05) is 121 Å². The third-order valence-electron chi connectivity index (χ3n) is 9.07. The van der Waals surface area contributed by atoms with Crippen molar-refractivity contribution in [1.29, 1.82) is 0 Å². The lowest BCUT2D eigenvalue weighted by Crippen LogP contribution is -1.96. The number of aromatic nitrogens is 5. The summed E-state index contributed by atoms with van der Waals surface area (Å²) >= 11 is 0. The van der Waals surface area contributed by atoms with Crippen molar-refractivity contribution < 1.29 is 0 Å². The van der Waals surface area contributed by atoms with E-state index in [2.05, 4.69) is 114 Å². The number of pyridine rings is 2. The highest BCUT2D eigenvalue weighted by Crippen LogP contribution is 2.37. The van der Waals surface area contributed by atoms with Crippen LogP contribution >= 0.6 is 0 Å². The minimum absolute atomic E-state index is 0.625. The van der Waals surface area contributed by atoms with E-state index in [1.165, 1.54) is 0 Å². The highest BCUT2D eigenvalue weighted by Gasteiger charge is 2.15. The fourth-order valence-electron chi connectivity index (χ4n) is 6.54. The van der Waals surface area contributed by atoms with E-state index in [0.29, 0.717) is 17.2 Å². The van der Waals surface area contributed by atoms with E-state index in [4.69, 9.17) is 19.9 Å². The molecule has 0 radical (unpaired) electrons. The summed E-state index contributed by atoms with van der Waals surface area (Å²) in [5.74, 6) is 0.630. The third kappa shape index (κ3) is 5.86. The highest BCUT2D eigenvalue weighted by atomic mass is 14.9. The fourth-order valence-corrected chi connectivity index (χ4v) is 6.54. The molecule has 0 aliphatic rings. The molecule has 0 N–H and O–H groups in total. The maximum absolute atomic E-state index is 5.20. The SMILES string of the molecule is Cc1ccc2ccc3c(-c4cccc(-c5cccc(-c6cc(-c7c#cccn7)nc(-c7ccccc7)n6)c5)c4)cc(-c4ccccc4)nc3c2n1. The molecule has 0 aliphatic heterocycles. The van der Waals surface area contributed by atoms with Gasteiger partial charge >= 0.3 is 0 Å². The van der Waals surface area contributed by atoms with Gasteiger partial charge in [0.05, 0.1) is 22.4 Å². The summed E-state index contributed by atoms with van der Waals surface area (Å²) in [5.41, 5.74) is 13.2. The van der Waals surface area contributed by atoms with Crippen LogP contribution in [0.2, 0.25) is 0 Å². The molecule has 51 heavy (non-hydrogen) atoms. The highest BCUT2D eigenvalue weighted by molar-refractivity contribution is 6.09. The van der Waals surface area contributed by atoms with Crippen LogP contribution in [-0.2, 0) is 0 Å². The molecule has 0 fully saturated rings. The minimum Gasteiger partial charge on any atom is -0.251 e. The topological polar surface area (TPSA) is 64.5 Å². The second-order valence-corrected chi connectivity index (χ2v) is 12.5. The Balaban J connectivity index is 1.18. The smallest absolute Gasteiger partial charge is 0.160 e. The van der Waals surface area contributed by atoms with Gasteiger partial charge in [0.2, 0.25) is 0 Å². The van der Waals surface area contributed by atoms with Gasteiger partial charge in [0, 0.05) is 45.4 Å². The standard InChI is InChI=1S/C46H29N5/c1-30-21-22-32-23-24-38-39(28-41(31-12-4-2-5-13-31)49-45(38)44(32)48-30)36-18-10-16-34(26-36)35-17-11-19-37(27-35)42-29-43(40-20-8-9-25-47-40)51-46(50-42)33-14-6-3-7-15-33/h2-7,9-19,21-29H,1H3. The van der Waals surface area contributed by atoms with Gasteiger partial charge in [0.15, 0.2) is 5.82 Å². The molecule has 0 amide bonds. The molecule has 0 spiro atoms. The largest absolute Gasteiger partial charge is 0.251 e. The van der Waals surface area contributed by atoms with Crippen molar-refractivity contribution in [2.45, 2.75) is 6.92 Å². The number of rotatable bonds is 6. The van der Waals surface area contributed by atoms with Crippen LogP contribution in [0.5, 0.6) is 0 Å². The lowest BCUT2D eigenvalue weighted by molar-refractivity contribution is 1.16. The van der Waals surface area contributed by atoms with E-state index in [1.807, 2.05) is 55.5 Å². The number of nitrogens with zero attached hydrogens (tertiary/aromatic N) is 5. The first kappa shape index (κ1) is 30.1. The summed E-state index contributed by atoms with van der Waals surface area (Å²) in [6.07, 6.45) is 1.71. The number of hydrogen-bond acceptors (Lipinski definition) is 5. The Morgan fingerprint density at radius 2 is 1.12 bits per heavy atom. The van der Waals surface area contributed by atoms with Gasteiger partial charge in [-0.2, -0.15) is 0 Å². The van der Waals surface area contributed by atoms with E-state index in [9.17, 15) is 0 Å². The van der Waals surface area contributed by atoms with Gasteiger partial charge in [0.25, 0.3) is 0 Å². The van der Waals surface area contributed by atoms with Gasteiger partial charge in [-0.05, 0) is 65.6 Å². The van der Waals surface area contributed by atoms with Crippen LogP contribution in [0.25, 0.3) is 89.4 Å². The zero-order chi connectivity index (χ0) is 34.1. The lowest BCUT2D eigenvalue weighted by Gasteiger charge is -2.14. The summed E-state index contributed by atoms with van der Waals surface area (Å²) in [4.78, 5) is 24.5. The predicted molar refractivity (Wildman–Crippen MR) is 205 cm³/mol. The molecule has 5 nitrogen and oxygen atoms in total. The van der Waals surface area contributed by atoms with Gasteiger partial charge < -0.3 is 0 Å². The molecule has 238 valence electrons. The van der Waals surface area contributed by atoms with Crippen LogP contribution in [0.15, 0.2) is 158 Å². The molecule has 0 unspecified atom stereocenters. The Morgan fingerprint density at radius 3 is 1.88 bits per heavy atom. The number of fused-ring (bicyclic) bond motifs is 3. The molecule has 0 saturated carbocycles. The molecule has 5 aromatic carbocycles. The van der Waals surface area contributed by atoms with Gasteiger partial charge in [-0.25, -0.2) is 19.9 Å². The first-order valence-corrected chi connectivity index (χ1v) is 16.8. The second-order valence-electron chi connectivity index (χ2n) is 12.5. The van der Waals surface area contributed by atoms with E-state index in [-0.39, 0.29) is 0 Å². The van der Waals surface area contributed by atoms with Gasteiger partial charge in [0.1, 0.15) is 11.4 Å². The van der Waals surface area contributed by atoms with E-state index < -0.39 is 0 Å². The zero-order valence-corrected chi connectivity index (χ0v) is 27.7. The number of benzene rings is 5. The molecule has 4 heterocycles. The molecule has 9 rings (SSSR count). The van der Waals surface area contributed by atoms with Crippen LogP contribution in [-0.4, -0.2) is 24.9 Å². The molecule has 0 atom stereocenters. The third-order valence-corrected chi connectivity index (χ3v) is 9.07. The van der Waals surface area contributed by atoms with Crippen LogP contribution in [0.3, 0.4) is 0 Å². The summed E-state index contributed by atoms with van der Waals surface area (Å²) in [5, 5.41) is 2.14. The summed E-state index contributed by atoms with van der Waals surface area (Å²) in [6.45, 7) is 2.03. The van der Waals surface area contributed by atoms with Crippen LogP contribution in [0, 0.1) is 19.1 Å². The van der Waals surface area contributed by atoms with Gasteiger partial charge in [-0.3, -0.25) is 4.98 Å². The summed E-state index contributed by atoms with van der Waals surface area (Å²) < 4.78 is 0. The Hall–Kier alpha value is -7.03. The summed E-state index contributed by atoms with van der Waals surface area (Å²) in [7, 11) is 0. The molecule has 0 saturated heterocycles. The molecule has 5 heteroatoms. The van der Waals surface area contributed by atoms with Gasteiger partial charge in [-0.15, -0.1) is 0 Å². The molecular formula is C46H29N5. The Morgan fingerprint density at radius 1 is 0.471 bits per heavy atom. The fraction of sp³-hybridized carbons (Fsp3) is 0.0217. The monoisotopic (exact) mass is 651 g/mol. The number of hydrogen-bond donors (Lipinski definition) is 0. The van der Waals surface area contributed by atoms with Crippen molar-refractivity contribution in [3.05, 3.63) is 176 Å². The van der Waals surface area contributed by atoms with Crippen molar-refractivity contribution in [2.24, 2.45) is 0 Å². The Kier molecular flexibility index (Phi) is 7.53. The molecule has 0 aliphatic carbocycles. The van der Waals surface area contributed by atoms with E-state index in [0.717, 1.165) is 77.8 Å². The molecule has 4 aromatic heterocycles. The Labute approximate surface area is 296 Å². The Bertz CT molecular complexity index is 2630. The van der Waals surface area contributed by atoms with Crippen molar-refractivity contribution in [3.8, 4) is 67.5 Å². The van der Waals surface area contributed by atoms with E-state index in [1.54, 1.807) is 12.3 Å². The van der Waals surface area contributed by atoms with Crippen LogP contribution in [0.4, 0.5) is 0 Å². The lowest BCUT2D eigenvalue weighted by atomic mass is 9.94. The first-order valence-electron chi connectivity index (χ1n) is 16.8. The van der Waals surface area contributed by atoms with Crippen molar-refractivity contribution in [3.63, 3.8) is 0 Å². The average Bonchev–Trinajstić information content (AvgIpc) is 3.21. The molecular weight excluding hydrogens is 623 g/mol. The van der Waals surface area contributed by atoms with Crippen molar-refractivity contribution in [1.82, 2.24) is 24.9 Å². The first-order chi connectivity index (χ1) is 25.2. The molecule has 9 aromatic rings. The minimum atomic E-state index is 0.625. The van der Waals surface area contributed by atoms with Crippen LogP contribution < -0.4 is 0 Å².